The van der Waals surface area contributed by atoms with Crippen LogP contribution in [0.4, 0.5) is 8.78 Å². The minimum Gasteiger partial charge on any atom is -0.377 e. The SMILES string of the molecule is Fc1ccc(Br)c(F)c1CNCCOC1CCCCC1. The first kappa shape index (κ1) is 15.9. The second kappa shape index (κ2) is 8.05. The lowest BCUT2D eigenvalue weighted by molar-refractivity contribution is 0.0302. The summed E-state index contributed by atoms with van der Waals surface area (Å²) in [5.74, 6) is -1.06. The van der Waals surface area contributed by atoms with Gasteiger partial charge in [0.1, 0.15) is 11.6 Å². The van der Waals surface area contributed by atoms with Crippen molar-refractivity contribution in [3.8, 4) is 0 Å². The lowest BCUT2D eigenvalue weighted by atomic mass is 9.98. The van der Waals surface area contributed by atoms with Gasteiger partial charge in [0.2, 0.25) is 0 Å². The fourth-order valence-electron chi connectivity index (χ4n) is 2.47. The van der Waals surface area contributed by atoms with Crippen molar-refractivity contribution in [2.75, 3.05) is 13.2 Å². The molecule has 1 aromatic carbocycles. The van der Waals surface area contributed by atoms with E-state index < -0.39 is 11.6 Å². The number of nitrogens with one attached hydrogen (secondary N) is 1. The van der Waals surface area contributed by atoms with Gasteiger partial charge in [-0.2, -0.15) is 0 Å². The van der Waals surface area contributed by atoms with E-state index in [4.69, 9.17) is 4.74 Å². The molecule has 0 amide bonds. The number of halogens is 3. The van der Waals surface area contributed by atoms with Gasteiger partial charge in [0, 0.05) is 18.7 Å². The number of rotatable bonds is 6. The predicted octanol–water partition coefficient (Wildman–Crippen LogP) is 4.17. The molecule has 20 heavy (non-hydrogen) atoms. The normalized spacial score (nSPS) is 16.6. The van der Waals surface area contributed by atoms with Crippen LogP contribution in [0.15, 0.2) is 16.6 Å². The van der Waals surface area contributed by atoms with Crippen molar-refractivity contribution >= 4 is 15.9 Å². The van der Waals surface area contributed by atoms with Crippen LogP contribution in [-0.4, -0.2) is 19.3 Å². The molecule has 5 heteroatoms. The van der Waals surface area contributed by atoms with Crippen LogP contribution < -0.4 is 5.32 Å². The first-order valence-electron chi connectivity index (χ1n) is 7.13. The number of benzene rings is 1. The van der Waals surface area contributed by atoms with E-state index in [1.54, 1.807) is 0 Å². The Labute approximate surface area is 127 Å². The maximum atomic E-state index is 13.7. The van der Waals surface area contributed by atoms with Gasteiger partial charge in [-0.15, -0.1) is 0 Å². The average molecular weight is 348 g/mol. The third kappa shape index (κ3) is 4.50. The van der Waals surface area contributed by atoms with Gasteiger partial charge in [0.05, 0.1) is 17.2 Å². The molecule has 0 atom stereocenters. The van der Waals surface area contributed by atoms with Gasteiger partial charge in [-0.3, -0.25) is 0 Å². The molecule has 2 nitrogen and oxygen atoms in total. The summed E-state index contributed by atoms with van der Waals surface area (Å²) in [5, 5.41) is 3.02. The van der Waals surface area contributed by atoms with E-state index in [9.17, 15) is 8.78 Å². The van der Waals surface area contributed by atoms with Gasteiger partial charge in [-0.1, -0.05) is 19.3 Å². The molecule has 1 saturated carbocycles. The first-order valence-corrected chi connectivity index (χ1v) is 7.92. The highest BCUT2D eigenvalue weighted by Gasteiger charge is 2.14. The zero-order valence-corrected chi connectivity index (χ0v) is 13.0. The Morgan fingerprint density at radius 1 is 1.20 bits per heavy atom. The zero-order valence-electron chi connectivity index (χ0n) is 11.4. The van der Waals surface area contributed by atoms with E-state index in [1.165, 1.54) is 31.4 Å². The van der Waals surface area contributed by atoms with E-state index in [0.29, 0.717) is 19.3 Å². The summed E-state index contributed by atoms with van der Waals surface area (Å²) in [4.78, 5) is 0. The Kier molecular flexibility index (Phi) is 6.39. The Balaban J connectivity index is 1.69. The fraction of sp³-hybridized carbons (Fsp3) is 0.600. The van der Waals surface area contributed by atoms with Crippen LogP contribution >= 0.6 is 15.9 Å². The minimum atomic E-state index is -0.536. The topological polar surface area (TPSA) is 21.3 Å². The standard InChI is InChI=1S/C15H20BrF2NO/c16-13-6-7-14(17)12(15(13)18)10-19-8-9-20-11-4-2-1-3-5-11/h6-7,11,19H,1-5,8-10H2. The molecule has 2 rings (SSSR count). The summed E-state index contributed by atoms with van der Waals surface area (Å²) in [7, 11) is 0. The van der Waals surface area contributed by atoms with Gasteiger partial charge in [-0.05, 0) is 40.9 Å². The van der Waals surface area contributed by atoms with Crippen molar-refractivity contribution in [3.05, 3.63) is 33.8 Å². The number of hydrogen-bond acceptors (Lipinski definition) is 2. The Hall–Kier alpha value is -0.520. The lowest BCUT2D eigenvalue weighted by Crippen LogP contribution is -2.25. The molecule has 0 aliphatic heterocycles. The summed E-state index contributed by atoms with van der Waals surface area (Å²) >= 11 is 3.06. The first-order chi connectivity index (χ1) is 9.68. The molecule has 0 saturated heterocycles. The molecule has 0 bridgehead atoms. The van der Waals surface area contributed by atoms with Crippen molar-refractivity contribution in [3.63, 3.8) is 0 Å². The van der Waals surface area contributed by atoms with Crippen LogP contribution in [0.1, 0.15) is 37.7 Å². The van der Waals surface area contributed by atoms with E-state index in [-0.39, 0.29) is 16.6 Å². The third-order valence-corrected chi connectivity index (χ3v) is 4.24. The molecule has 1 fully saturated rings. The van der Waals surface area contributed by atoms with Crippen molar-refractivity contribution < 1.29 is 13.5 Å². The molecule has 0 heterocycles. The molecule has 1 N–H and O–H groups in total. The van der Waals surface area contributed by atoms with Gasteiger partial charge in [0.25, 0.3) is 0 Å². The summed E-state index contributed by atoms with van der Waals surface area (Å²) in [6.45, 7) is 1.36. The largest absolute Gasteiger partial charge is 0.377 e. The van der Waals surface area contributed by atoms with E-state index in [0.717, 1.165) is 12.8 Å². The molecule has 0 spiro atoms. The van der Waals surface area contributed by atoms with E-state index in [2.05, 4.69) is 21.2 Å². The monoisotopic (exact) mass is 347 g/mol. The predicted molar refractivity (Wildman–Crippen MR) is 78.6 cm³/mol. The minimum absolute atomic E-state index is 0.0667. The van der Waals surface area contributed by atoms with Gasteiger partial charge in [0.15, 0.2) is 0 Å². The molecule has 0 unspecified atom stereocenters. The van der Waals surface area contributed by atoms with Crippen LogP contribution in [0.2, 0.25) is 0 Å². The second-order valence-corrected chi connectivity index (χ2v) is 5.98. The quantitative estimate of drug-likeness (QED) is 0.616. The molecule has 0 radical (unpaired) electrons. The highest BCUT2D eigenvalue weighted by Crippen LogP contribution is 2.21. The fourth-order valence-corrected chi connectivity index (χ4v) is 2.85. The van der Waals surface area contributed by atoms with Crippen molar-refractivity contribution in [2.24, 2.45) is 0 Å². The van der Waals surface area contributed by atoms with Crippen molar-refractivity contribution in [2.45, 2.75) is 44.8 Å². The molecule has 112 valence electrons. The molecular weight excluding hydrogens is 328 g/mol. The van der Waals surface area contributed by atoms with Crippen molar-refractivity contribution in [1.29, 1.82) is 0 Å². The summed E-state index contributed by atoms with van der Waals surface area (Å²) in [6, 6.07) is 2.64. The van der Waals surface area contributed by atoms with E-state index >= 15 is 0 Å². The van der Waals surface area contributed by atoms with Crippen LogP contribution in [0.3, 0.4) is 0 Å². The molecule has 1 aromatic rings. The van der Waals surface area contributed by atoms with Gasteiger partial charge in [-0.25, -0.2) is 8.78 Å². The highest BCUT2D eigenvalue weighted by atomic mass is 79.9. The van der Waals surface area contributed by atoms with Gasteiger partial charge < -0.3 is 10.1 Å². The summed E-state index contributed by atoms with van der Waals surface area (Å²) < 4.78 is 33.2. The molecule has 1 aliphatic rings. The van der Waals surface area contributed by atoms with Crippen molar-refractivity contribution in [1.82, 2.24) is 5.32 Å². The van der Waals surface area contributed by atoms with Crippen LogP contribution in [0, 0.1) is 11.6 Å². The lowest BCUT2D eigenvalue weighted by Gasteiger charge is -2.22. The maximum Gasteiger partial charge on any atom is 0.144 e. The second-order valence-electron chi connectivity index (χ2n) is 5.13. The average Bonchev–Trinajstić information content (AvgIpc) is 2.47. The van der Waals surface area contributed by atoms with Crippen LogP contribution in [-0.2, 0) is 11.3 Å². The highest BCUT2D eigenvalue weighted by molar-refractivity contribution is 9.10. The van der Waals surface area contributed by atoms with Crippen LogP contribution in [0.25, 0.3) is 0 Å². The van der Waals surface area contributed by atoms with E-state index in [1.807, 2.05) is 0 Å². The summed E-state index contributed by atoms with van der Waals surface area (Å²) in [6.07, 6.45) is 6.42. The maximum absolute atomic E-state index is 13.7. The van der Waals surface area contributed by atoms with Crippen LogP contribution in [0.5, 0.6) is 0 Å². The van der Waals surface area contributed by atoms with Gasteiger partial charge >= 0.3 is 0 Å². The Bertz CT molecular complexity index is 436. The third-order valence-electron chi connectivity index (χ3n) is 3.63. The number of ether oxygens (including phenoxy) is 1. The molecule has 0 aromatic heterocycles. The Morgan fingerprint density at radius 3 is 2.70 bits per heavy atom. The zero-order chi connectivity index (χ0) is 14.4. The number of hydrogen-bond donors (Lipinski definition) is 1. The smallest absolute Gasteiger partial charge is 0.144 e. The Morgan fingerprint density at radius 2 is 1.95 bits per heavy atom. The molecule has 1 aliphatic carbocycles. The molecular formula is C15H20BrF2NO. The summed E-state index contributed by atoms with van der Waals surface area (Å²) in [5.41, 5.74) is 0.0667.